The zero-order valence-electron chi connectivity index (χ0n) is 6.77. The first-order valence-corrected chi connectivity index (χ1v) is 3.88. The van der Waals surface area contributed by atoms with E-state index in [0.29, 0.717) is 6.54 Å². The standard InChI is InChI=1S/C7H8FNS.CH2O2/c8-7-3-1-6(2-4-7)5-9-10;2-1-3/h1-4,9-10H,5H2;1H,(H,2,3). The van der Waals surface area contributed by atoms with Crippen molar-refractivity contribution < 1.29 is 14.3 Å². The predicted octanol–water partition coefficient (Wildman–Crippen LogP) is 1.46. The molecule has 0 spiro atoms. The second kappa shape index (κ2) is 7.57. The van der Waals surface area contributed by atoms with Gasteiger partial charge in [-0.3, -0.25) is 9.52 Å². The summed E-state index contributed by atoms with van der Waals surface area (Å²) in [7, 11) is 0. The average Bonchev–Trinajstić information content (AvgIpc) is 2.11. The van der Waals surface area contributed by atoms with Crippen molar-refractivity contribution in [2.75, 3.05) is 0 Å². The average molecular weight is 203 g/mol. The highest BCUT2D eigenvalue weighted by Gasteiger charge is 1.89. The van der Waals surface area contributed by atoms with Gasteiger partial charge in [-0.25, -0.2) is 4.39 Å². The molecule has 13 heavy (non-hydrogen) atoms. The zero-order valence-corrected chi connectivity index (χ0v) is 7.67. The van der Waals surface area contributed by atoms with Crippen LogP contribution in [0.2, 0.25) is 0 Å². The Morgan fingerprint density at radius 3 is 2.31 bits per heavy atom. The van der Waals surface area contributed by atoms with Crippen molar-refractivity contribution >= 4 is 19.3 Å². The van der Waals surface area contributed by atoms with Gasteiger partial charge in [-0.15, -0.1) is 0 Å². The lowest BCUT2D eigenvalue weighted by atomic mass is 10.2. The van der Waals surface area contributed by atoms with E-state index < -0.39 is 0 Å². The molecule has 2 N–H and O–H groups in total. The quantitative estimate of drug-likeness (QED) is 0.504. The van der Waals surface area contributed by atoms with Gasteiger partial charge in [-0.05, 0) is 17.7 Å². The SMILES string of the molecule is Fc1ccc(CNS)cc1.O=CO. The summed E-state index contributed by atoms with van der Waals surface area (Å²) in [4.78, 5) is 8.36. The van der Waals surface area contributed by atoms with Crippen LogP contribution in [-0.4, -0.2) is 11.6 Å². The van der Waals surface area contributed by atoms with E-state index in [4.69, 9.17) is 9.90 Å². The van der Waals surface area contributed by atoms with Crippen LogP contribution < -0.4 is 4.72 Å². The molecule has 0 aromatic heterocycles. The number of rotatable bonds is 2. The number of hydrogen-bond acceptors (Lipinski definition) is 3. The maximum Gasteiger partial charge on any atom is 0.290 e. The first-order valence-electron chi connectivity index (χ1n) is 3.43. The van der Waals surface area contributed by atoms with E-state index in [1.54, 1.807) is 12.1 Å². The van der Waals surface area contributed by atoms with Crippen LogP contribution >= 0.6 is 12.8 Å². The summed E-state index contributed by atoms with van der Waals surface area (Å²) < 4.78 is 15.0. The van der Waals surface area contributed by atoms with Gasteiger partial charge in [0, 0.05) is 6.54 Å². The number of halogens is 1. The van der Waals surface area contributed by atoms with Gasteiger partial charge >= 0.3 is 0 Å². The molecule has 5 heteroatoms. The Bertz CT molecular complexity index is 240. The molecule has 0 fully saturated rings. The fourth-order valence-electron chi connectivity index (χ4n) is 0.694. The third-order valence-corrected chi connectivity index (χ3v) is 1.35. The summed E-state index contributed by atoms with van der Waals surface area (Å²) in [6, 6.07) is 6.30. The van der Waals surface area contributed by atoms with Crippen LogP contribution in [0, 0.1) is 5.82 Å². The highest BCUT2D eigenvalue weighted by Crippen LogP contribution is 2.01. The van der Waals surface area contributed by atoms with E-state index in [9.17, 15) is 4.39 Å². The molecule has 0 atom stereocenters. The van der Waals surface area contributed by atoms with E-state index in [1.165, 1.54) is 12.1 Å². The molecule has 72 valence electrons. The number of hydrogen-bond donors (Lipinski definition) is 3. The van der Waals surface area contributed by atoms with Crippen molar-refractivity contribution in [1.29, 1.82) is 0 Å². The smallest absolute Gasteiger partial charge is 0.290 e. The number of nitrogens with one attached hydrogen (secondary N) is 1. The molecule has 0 unspecified atom stereocenters. The van der Waals surface area contributed by atoms with Gasteiger partial charge in [-0.2, -0.15) is 0 Å². The lowest BCUT2D eigenvalue weighted by molar-refractivity contribution is -0.122. The molecular formula is C8H10FNO2S. The minimum Gasteiger partial charge on any atom is -0.483 e. The van der Waals surface area contributed by atoms with Gasteiger partial charge in [0.1, 0.15) is 5.82 Å². The summed E-state index contributed by atoms with van der Waals surface area (Å²) in [6.07, 6.45) is 0. The van der Waals surface area contributed by atoms with Gasteiger partial charge in [0.15, 0.2) is 0 Å². The fourth-order valence-corrected chi connectivity index (χ4v) is 0.876. The van der Waals surface area contributed by atoms with Crippen LogP contribution in [0.15, 0.2) is 24.3 Å². The Kier molecular flexibility index (Phi) is 6.95. The van der Waals surface area contributed by atoms with E-state index in [1.807, 2.05) is 0 Å². The molecule has 0 heterocycles. The van der Waals surface area contributed by atoms with Crippen molar-refractivity contribution in [3.63, 3.8) is 0 Å². The number of carbonyl (C=O) groups is 1. The van der Waals surface area contributed by atoms with Crippen molar-refractivity contribution in [2.45, 2.75) is 6.54 Å². The molecule has 1 rings (SSSR count). The largest absolute Gasteiger partial charge is 0.483 e. The van der Waals surface area contributed by atoms with Crippen LogP contribution in [0.5, 0.6) is 0 Å². The summed E-state index contributed by atoms with van der Waals surface area (Å²) in [5.41, 5.74) is 1.02. The van der Waals surface area contributed by atoms with Crippen LogP contribution in [0.1, 0.15) is 5.56 Å². The second-order valence-corrected chi connectivity index (χ2v) is 2.38. The Labute approximate surface area is 81.1 Å². The molecule has 1 aromatic rings. The van der Waals surface area contributed by atoms with Gasteiger partial charge in [0.2, 0.25) is 0 Å². The molecule has 0 aliphatic carbocycles. The van der Waals surface area contributed by atoms with E-state index in [-0.39, 0.29) is 12.3 Å². The Morgan fingerprint density at radius 1 is 1.46 bits per heavy atom. The molecule has 0 radical (unpaired) electrons. The predicted molar refractivity (Wildman–Crippen MR) is 50.9 cm³/mol. The molecule has 0 bridgehead atoms. The van der Waals surface area contributed by atoms with Crippen LogP contribution in [0.3, 0.4) is 0 Å². The maximum atomic E-state index is 12.3. The second-order valence-electron chi connectivity index (χ2n) is 2.07. The van der Waals surface area contributed by atoms with Gasteiger partial charge in [0.05, 0.1) is 0 Å². The summed E-state index contributed by atoms with van der Waals surface area (Å²) in [5.74, 6) is -0.206. The normalized spacial score (nSPS) is 8.46. The molecule has 0 aliphatic heterocycles. The minimum atomic E-state index is -0.250. The zero-order chi connectivity index (χ0) is 10.1. The maximum absolute atomic E-state index is 12.3. The minimum absolute atomic E-state index is 0.206. The van der Waals surface area contributed by atoms with Crippen molar-refractivity contribution in [1.82, 2.24) is 4.72 Å². The van der Waals surface area contributed by atoms with Gasteiger partial charge in [-0.1, -0.05) is 24.9 Å². The van der Waals surface area contributed by atoms with Crippen molar-refractivity contribution in [3.05, 3.63) is 35.6 Å². The third kappa shape index (κ3) is 6.12. The topological polar surface area (TPSA) is 49.3 Å². The highest BCUT2D eigenvalue weighted by molar-refractivity contribution is 7.78. The van der Waals surface area contributed by atoms with Gasteiger partial charge < -0.3 is 5.11 Å². The van der Waals surface area contributed by atoms with E-state index in [0.717, 1.165) is 5.56 Å². The summed E-state index contributed by atoms with van der Waals surface area (Å²) >= 11 is 3.81. The molecule has 0 saturated heterocycles. The van der Waals surface area contributed by atoms with Crippen LogP contribution in [-0.2, 0) is 11.3 Å². The van der Waals surface area contributed by atoms with E-state index in [2.05, 4.69) is 17.5 Å². The third-order valence-electron chi connectivity index (χ3n) is 1.20. The van der Waals surface area contributed by atoms with Crippen LogP contribution in [0.25, 0.3) is 0 Å². The highest BCUT2D eigenvalue weighted by atomic mass is 32.1. The molecule has 3 nitrogen and oxygen atoms in total. The first-order chi connectivity index (χ1) is 6.24. The van der Waals surface area contributed by atoms with Crippen molar-refractivity contribution in [3.8, 4) is 0 Å². The monoisotopic (exact) mass is 203 g/mol. The summed E-state index contributed by atoms with van der Waals surface area (Å²) in [6.45, 7) is 0.406. The molecule has 1 aromatic carbocycles. The van der Waals surface area contributed by atoms with Crippen LogP contribution in [0.4, 0.5) is 4.39 Å². The van der Waals surface area contributed by atoms with Gasteiger partial charge in [0.25, 0.3) is 6.47 Å². The molecule has 0 aliphatic rings. The molecule has 0 saturated carbocycles. The Balaban J connectivity index is 0.000000424. The van der Waals surface area contributed by atoms with E-state index >= 15 is 0 Å². The Hall–Kier alpha value is -1.07. The lowest BCUT2D eigenvalue weighted by Gasteiger charge is -1.96. The lowest BCUT2D eigenvalue weighted by Crippen LogP contribution is -1.97. The number of thiol groups is 1. The fraction of sp³-hybridized carbons (Fsp3) is 0.125. The van der Waals surface area contributed by atoms with Crippen molar-refractivity contribution in [2.24, 2.45) is 0 Å². The summed E-state index contributed by atoms with van der Waals surface area (Å²) in [5, 5.41) is 6.89. The molecular weight excluding hydrogens is 193 g/mol. The Morgan fingerprint density at radius 2 is 1.92 bits per heavy atom. The molecule has 0 amide bonds. The first kappa shape index (κ1) is 11.9. The number of carboxylic acid groups (broad SMARTS) is 1. The number of benzene rings is 1.